The van der Waals surface area contributed by atoms with Gasteiger partial charge in [-0.3, -0.25) is 10.1 Å². The van der Waals surface area contributed by atoms with Crippen molar-refractivity contribution in [3.8, 4) is 0 Å². The van der Waals surface area contributed by atoms with Crippen molar-refractivity contribution < 1.29 is 19.2 Å². The monoisotopic (exact) mass is 225 g/mol. The van der Waals surface area contributed by atoms with Crippen LogP contribution in [0, 0.1) is 10.1 Å². The molecule has 0 aliphatic carbocycles. The van der Waals surface area contributed by atoms with Gasteiger partial charge in [-0.05, 0) is 12.1 Å². The number of rotatable bonds is 4. The quantitative estimate of drug-likeness (QED) is 0.441. The number of hydrogen-bond acceptors (Lipinski definition) is 5. The molecule has 6 nitrogen and oxygen atoms in total. The zero-order chi connectivity index (χ0) is 12.1. The van der Waals surface area contributed by atoms with Crippen LogP contribution in [0.2, 0.25) is 0 Å². The Morgan fingerprint density at radius 2 is 2.12 bits per heavy atom. The van der Waals surface area contributed by atoms with Crippen LogP contribution in [0.3, 0.4) is 0 Å². The maximum Gasteiger partial charge on any atom is 0.338 e. The summed E-state index contributed by atoms with van der Waals surface area (Å²) in [6.07, 6.45) is 0. The summed E-state index contributed by atoms with van der Waals surface area (Å²) < 4.78 is 9.30. The number of hydrogen-bond donors (Lipinski definition) is 0. The van der Waals surface area contributed by atoms with Crippen molar-refractivity contribution in [1.29, 1.82) is 0 Å². The van der Waals surface area contributed by atoms with Crippen LogP contribution < -0.4 is 0 Å². The van der Waals surface area contributed by atoms with Crippen molar-refractivity contribution in [1.82, 2.24) is 0 Å². The number of methoxy groups -OCH3 is 2. The lowest BCUT2D eigenvalue weighted by Crippen LogP contribution is -2.04. The van der Waals surface area contributed by atoms with Gasteiger partial charge in [0.1, 0.15) is 0 Å². The van der Waals surface area contributed by atoms with Crippen molar-refractivity contribution >= 4 is 11.7 Å². The van der Waals surface area contributed by atoms with E-state index in [-0.39, 0.29) is 17.9 Å². The maximum atomic E-state index is 11.2. The fourth-order valence-corrected chi connectivity index (χ4v) is 1.26. The number of carbonyl (C=O) groups excluding carboxylic acids is 1. The van der Waals surface area contributed by atoms with E-state index in [0.29, 0.717) is 5.56 Å². The van der Waals surface area contributed by atoms with E-state index < -0.39 is 10.9 Å². The number of nitrogens with zero attached hydrogens (tertiary/aromatic N) is 1. The second-order valence-electron chi connectivity index (χ2n) is 3.03. The van der Waals surface area contributed by atoms with E-state index in [9.17, 15) is 14.9 Å². The third-order valence-corrected chi connectivity index (χ3v) is 2.00. The third-order valence-electron chi connectivity index (χ3n) is 2.00. The number of carbonyl (C=O) groups is 1. The van der Waals surface area contributed by atoms with E-state index in [1.165, 1.54) is 32.4 Å². The zero-order valence-corrected chi connectivity index (χ0v) is 8.93. The molecule has 1 aromatic rings. The van der Waals surface area contributed by atoms with Crippen LogP contribution in [0.1, 0.15) is 15.9 Å². The van der Waals surface area contributed by atoms with Gasteiger partial charge in [0.05, 0.1) is 29.8 Å². The fourth-order valence-electron chi connectivity index (χ4n) is 1.26. The van der Waals surface area contributed by atoms with Crippen LogP contribution in [-0.4, -0.2) is 25.1 Å². The number of esters is 1. The van der Waals surface area contributed by atoms with Gasteiger partial charge in [0.15, 0.2) is 0 Å². The molecule has 0 saturated heterocycles. The predicted molar refractivity (Wildman–Crippen MR) is 55.1 cm³/mol. The average Bonchev–Trinajstić information content (AvgIpc) is 2.28. The minimum Gasteiger partial charge on any atom is -0.465 e. The number of nitro groups is 1. The van der Waals surface area contributed by atoms with Crippen LogP contribution >= 0.6 is 0 Å². The highest BCUT2D eigenvalue weighted by molar-refractivity contribution is 5.90. The van der Waals surface area contributed by atoms with Gasteiger partial charge in [0, 0.05) is 13.2 Å². The molecule has 0 aliphatic rings. The highest BCUT2D eigenvalue weighted by Crippen LogP contribution is 2.21. The van der Waals surface area contributed by atoms with Crippen molar-refractivity contribution in [3.63, 3.8) is 0 Å². The largest absolute Gasteiger partial charge is 0.465 e. The summed E-state index contributed by atoms with van der Waals surface area (Å²) in [4.78, 5) is 21.4. The predicted octanol–water partition coefficient (Wildman–Crippen LogP) is 1.53. The minimum absolute atomic E-state index is 0.123. The van der Waals surface area contributed by atoms with Crippen LogP contribution in [0.15, 0.2) is 18.2 Å². The molecule has 0 amide bonds. The van der Waals surface area contributed by atoms with Crippen molar-refractivity contribution in [2.45, 2.75) is 6.61 Å². The molecular formula is C10H11NO5. The van der Waals surface area contributed by atoms with Crippen molar-refractivity contribution in [2.24, 2.45) is 0 Å². The first-order valence-electron chi connectivity index (χ1n) is 4.44. The molecule has 86 valence electrons. The Morgan fingerprint density at radius 1 is 1.44 bits per heavy atom. The van der Waals surface area contributed by atoms with E-state index in [0.717, 1.165) is 0 Å². The molecule has 0 radical (unpaired) electrons. The highest BCUT2D eigenvalue weighted by Gasteiger charge is 2.17. The van der Waals surface area contributed by atoms with E-state index >= 15 is 0 Å². The van der Waals surface area contributed by atoms with Crippen LogP contribution in [0.5, 0.6) is 0 Å². The second-order valence-corrected chi connectivity index (χ2v) is 3.03. The van der Waals surface area contributed by atoms with Gasteiger partial charge in [-0.1, -0.05) is 0 Å². The van der Waals surface area contributed by atoms with Crippen molar-refractivity contribution in [3.05, 3.63) is 39.4 Å². The Kier molecular flexibility index (Phi) is 3.96. The summed E-state index contributed by atoms with van der Waals surface area (Å²) in [5.74, 6) is -0.605. The molecule has 0 aliphatic heterocycles. The third kappa shape index (κ3) is 2.54. The first kappa shape index (κ1) is 12.1. The number of ether oxygens (including phenoxy) is 2. The Bertz CT molecular complexity index is 416. The minimum atomic E-state index is -0.605. The Balaban J connectivity index is 3.17. The van der Waals surface area contributed by atoms with Gasteiger partial charge in [-0.2, -0.15) is 0 Å². The SMILES string of the molecule is COCc1ccc(C(=O)OC)cc1[N+](=O)[O-]. The van der Waals surface area contributed by atoms with Crippen molar-refractivity contribution in [2.75, 3.05) is 14.2 Å². The zero-order valence-electron chi connectivity index (χ0n) is 8.93. The molecule has 0 atom stereocenters. The van der Waals surface area contributed by atoms with Crippen LogP contribution in [0.25, 0.3) is 0 Å². The summed E-state index contributed by atoms with van der Waals surface area (Å²) in [6.45, 7) is 0.123. The summed E-state index contributed by atoms with van der Waals surface area (Å²) in [5, 5.41) is 10.8. The molecule has 0 saturated carbocycles. The highest BCUT2D eigenvalue weighted by atomic mass is 16.6. The van der Waals surface area contributed by atoms with Gasteiger partial charge in [-0.15, -0.1) is 0 Å². The molecule has 16 heavy (non-hydrogen) atoms. The van der Waals surface area contributed by atoms with E-state index in [1.54, 1.807) is 0 Å². The normalized spacial score (nSPS) is 9.88. The van der Waals surface area contributed by atoms with Gasteiger partial charge >= 0.3 is 5.97 Å². The van der Waals surface area contributed by atoms with Crippen LogP contribution in [0.4, 0.5) is 5.69 Å². The Labute approximate surface area is 91.9 Å². The fraction of sp³-hybridized carbons (Fsp3) is 0.300. The molecule has 0 bridgehead atoms. The smallest absolute Gasteiger partial charge is 0.338 e. The second kappa shape index (κ2) is 5.22. The van der Waals surface area contributed by atoms with Gasteiger partial charge in [0.25, 0.3) is 5.69 Å². The van der Waals surface area contributed by atoms with Gasteiger partial charge in [-0.25, -0.2) is 4.79 Å². The van der Waals surface area contributed by atoms with E-state index in [2.05, 4.69) is 4.74 Å². The summed E-state index contributed by atoms with van der Waals surface area (Å²) in [6, 6.07) is 4.13. The average molecular weight is 225 g/mol. The molecule has 0 aromatic heterocycles. The molecule has 0 unspecified atom stereocenters. The standard InChI is InChI=1S/C10H11NO5/c1-15-6-8-4-3-7(10(12)16-2)5-9(8)11(13)14/h3-5H,6H2,1-2H3. The maximum absolute atomic E-state index is 11.2. The molecule has 6 heteroatoms. The summed E-state index contributed by atoms with van der Waals surface area (Å²) >= 11 is 0. The van der Waals surface area contributed by atoms with E-state index in [1.807, 2.05) is 0 Å². The number of benzene rings is 1. The van der Waals surface area contributed by atoms with Gasteiger partial charge in [0.2, 0.25) is 0 Å². The molecular weight excluding hydrogens is 214 g/mol. The molecule has 0 fully saturated rings. The summed E-state index contributed by atoms with van der Waals surface area (Å²) in [7, 11) is 2.66. The molecule has 0 N–H and O–H groups in total. The lowest BCUT2D eigenvalue weighted by atomic mass is 10.1. The first-order chi connectivity index (χ1) is 7.60. The molecule has 0 heterocycles. The first-order valence-corrected chi connectivity index (χ1v) is 4.44. The lowest BCUT2D eigenvalue weighted by molar-refractivity contribution is -0.385. The van der Waals surface area contributed by atoms with Gasteiger partial charge < -0.3 is 9.47 Å². The van der Waals surface area contributed by atoms with Crippen LogP contribution in [-0.2, 0) is 16.1 Å². The lowest BCUT2D eigenvalue weighted by Gasteiger charge is -2.03. The Hall–Kier alpha value is -1.95. The van der Waals surface area contributed by atoms with E-state index in [4.69, 9.17) is 4.74 Å². The Morgan fingerprint density at radius 3 is 2.62 bits per heavy atom. The summed E-state index contributed by atoms with van der Waals surface area (Å²) in [5.41, 5.74) is 0.416. The number of nitro benzene ring substituents is 1. The molecule has 1 rings (SSSR count). The molecule has 1 aromatic carbocycles. The molecule has 0 spiro atoms. The topological polar surface area (TPSA) is 78.7 Å².